The number of hydrogen-bond donors (Lipinski definition) is 2. The van der Waals surface area contributed by atoms with Gasteiger partial charge in [-0.1, -0.05) is 62.4 Å². The molecule has 0 spiro atoms. The van der Waals surface area contributed by atoms with Crippen molar-refractivity contribution in [3.8, 4) is 56.8 Å². The van der Waals surface area contributed by atoms with Gasteiger partial charge in [0.2, 0.25) is 0 Å². The first-order valence-electron chi connectivity index (χ1n) is 11.2. The fraction of sp³-hybridized carbons (Fsp3) is 0.143. The summed E-state index contributed by atoms with van der Waals surface area (Å²) in [5.74, 6) is 3.21. The highest BCUT2D eigenvalue weighted by atomic mass is 16.5. The monoisotopic (exact) mass is 452 g/mol. The first-order chi connectivity index (χ1) is 16.8. The molecule has 0 fully saturated rings. The van der Waals surface area contributed by atoms with Gasteiger partial charge in [-0.05, 0) is 24.3 Å². The van der Waals surface area contributed by atoms with Gasteiger partial charge in [-0.3, -0.25) is 0 Å². The number of para-hydroxylation sites is 2. The van der Waals surface area contributed by atoms with Gasteiger partial charge >= 0.3 is 0 Å². The van der Waals surface area contributed by atoms with Gasteiger partial charge in [0, 0.05) is 22.3 Å². The average Bonchev–Trinajstić information content (AvgIpc) is 3.61. The molecule has 3 aromatic carbocycles. The zero-order valence-corrected chi connectivity index (χ0v) is 19.8. The fourth-order valence-corrected chi connectivity index (χ4v) is 3.73. The molecule has 0 amide bonds. The van der Waals surface area contributed by atoms with E-state index < -0.39 is 0 Å². The first-order valence-corrected chi connectivity index (χ1v) is 11.2. The maximum absolute atomic E-state index is 5.46. The van der Waals surface area contributed by atoms with Crippen LogP contribution in [-0.2, 0) is 0 Å². The van der Waals surface area contributed by atoms with Crippen LogP contribution in [0.4, 0.5) is 0 Å². The molecule has 0 aliphatic heterocycles. The summed E-state index contributed by atoms with van der Waals surface area (Å²) in [6.07, 6.45) is 3.65. The Hall–Kier alpha value is -4.32. The van der Waals surface area contributed by atoms with Crippen LogP contribution in [0.15, 0.2) is 85.2 Å². The molecule has 5 rings (SSSR count). The van der Waals surface area contributed by atoms with Crippen LogP contribution >= 0.6 is 0 Å². The summed E-state index contributed by atoms with van der Waals surface area (Å²) in [7, 11) is 3.34. The molecule has 2 heterocycles. The van der Waals surface area contributed by atoms with E-state index in [0.29, 0.717) is 0 Å². The van der Waals surface area contributed by atoms with E-state index in [0.717, 1.165) is 56.8 Å². The number of benzene rings is 3. The molecule has 34 heavy (non-hydrogen) atoms. The molecule has 6 heteroatoms. The topological polar surface area (TPSA) is 75.8 Å². The highest BCUT2D eigenvalue weighted by Crippen LogP contribution is 2.32. The standard InChI is InChI=1S/C26H22N4O2.C2H6/c1-31-23-9-5-3-7-19(23)21-15-27-25(29-21)17-11-13-18(14-12-17)26-28-16-22(30-26)20-8-4-6-10-24(20)32-2;1-2/h3-16H,1-2H3,(H,27,29)(H,28,30);1-2H3. The summed E-state index contributed by atoms with van der Waals surface area (Å²) >= 11 is 0. The summed E-state index contributed by atoms with van der Waals surface area (Å²) in [6.45, 7) is 4.00. The second-order valence-electron chi connectivity index (χ2n) is 7.27. The van der Waals surface area contributed by atoms with Crippen molar-refractivity contribution in [1.29, 1.82) is 0 Å². The van der Waals surface area contributed by atoms with Crippen molar-refractivity contribution < 1.29 is 9.47 Å². The van der Waals surface area contributed by atoms with Crippen molar-refractivity contribution >= 4 is 0 Å². The van der Waals surface area contributed by atoms with Gasteiger partial charge in [0.05, 0.1) is 38.0 Å². The minimum atomic E-state index is 0.798. The predicted molar refractivity (Wildman–Crippen MR) is 137 cm³/mol. The Morgan fingerprint density at radius 1 is 0.559 bits per heavy atom. The lowest BCUT2D eigenvalue weighted by molar-refractivity contribution is 0.416. The maximum atomic E-state index is 5.46. The second kappa shape index (κ2) is 10.5. The first kappa shape index (κ1) is 22.9. The highest BCUT2D eigenvalue weighted by molar-refractivity contribution is 5.72. The summed E-state index contributed by atoms with van der Waals surface area (Å²) < 4.78 is 10.9. The molecule has 2 aromatic heterocycles. The molecule has 2 N–H and O–H groups in total. The zero-order chi connectivity index (χ0) is 23.9. The lowest BCUT2D eigenvalue weighted by Gasteiger charge is -2.06. The van der Waals surface area contributed by atoms with Crippen LogP contribution in [0, 0.1) is 0 Å². The van der Waals surface area contributed by atoms with Crippen LogP contribution in [0.25, 0.3) is 45.3 Å². The molecule has 172 valence electrons. The Morgan fingerprint density at radius 2 is 0.941 bits per heavy atom. The highest BCUT2D eigenvalue weighted by Gasteiger charge is 2.12. The zero-order valence-electron chi connectivity index (χ0n) is 19.8. The number of aromatic amines is 2. The number of H-pyrrole nitrogens is 2. The molecule has 0 saturated carbocycles. The van der Waals surface area contributed by atoms with E-state index in [1.165, 1.54) is 0 Å². The third-order valence-electron chi connectivity index (χ3n) is 5.38. The summed E-state index contributed by atoms with van der Waals surface area (Å²) in [5, 5.41) is 0. The van der Waals surface area contributed by atoms with E-state index in [2.05, 4.69) is 19.9 Å². The molecule has 0 atom stereocenters. The minimum Gasteiger partial charge on any atom is -0.496 e. The van der Waals surface area contributed by atoms with Gasteiger partial charge in [-0.15, -0.1) is 0 Å². The van der Waals surface area contributed by atoms with E-state index in [1.54, 1.807) is 14.2 Å². The van der Waals surface area contributed by atoms with E-state index in [1.807, 2.05) is 99.0 Å². The van der Waals surface area contributed by atoms with Gasteiger partial charge in [-0.2, -0.15) is 0 Å². The number of methoxy groups -OCH3 is 2. The van der Waals surface area contributed by atoms with E-state index in [9.17, 15) is 0 Å². The number of ether oxygens (including phenoxy) is 2. The fourth-order valence-electron chi connectivity index (χ4n) is 3.73. The van der Waals surface area contributed by atoms with Crippen LogP contribution in [0.2, 0.25) is 0 Å². The SMILES string of the molecule is CC.COc1ccccc1-c1cnc(-c2ccc(-c3ncc(-c4ccccc4OC)[nH]3)cc2)[nH]1. The summed E-state index contributed by atoms with van der Waals surface area (Å²) in [6, 6.07) is 23.9. The van der Waals surface area contributed by atoms with Crippen LogP contribution in [0.3, 0.4) is 0 Å². The Balaban J connectivity index is 0.00000133. The van der Waals surface area contributed by atoms with Gasteiger partial charge < -0.3 is 19.4 Å². The van der Waals surface area contributed by atoms with Gasteiger partial charge in [0.1, 0.15) is 23.1 Å². The molecule has 0 saturated heterocycles. The quantitative estimate of drug-likeness (QED) is 0.296. The van der Waals surface area contributed by atoms with Gasteiger partial charge in [0.15, 0.2) is 0 Å². The van der Waals surface area contributed by atoms with Crippen molar-refractivity contribution in [3.63, 3.8) is 0 Å². The third-order valence-corrected chi connectivity index (χ3v) is 5.38. The third kappa shape index (κ3) is 4.57. The van der Waals surface area contributed by atoms with Gasteiger partial charge in [0.25, 0.3) is 0 Å². The van der Waals surface area contributed by atoms with Crippen LogP contribution in [-0.4, -0.2) is 34.2 Å². The average molecular weight is 453 g/mol. The Bertz CT molecular complexity index is 1250. The predicted octanol–water partition coefficient (Wildman–Crippen LogP) is 6.84. The Kier molecular flexibility index (Phi) is 7.08. The van der Waals surface area contributed by atoms with Crippen LogP contribution < -0.4 is 9.47 Å². The summed E-state index contributed by atoms with van der Waals surface area (Å²) in [4.78, 5) is 15.9. The summed E-state index contributed by atoms with van der Waals surface area (Å²) in [5.41, 5.74) is 5.76. The minimum absolute atomic E-state index is 0.798. The molecular weight excluding hydrogens is 424 g/mol. The number of imidazole rings is 2. The number of nitrogens with one attached hydrogen (secondary N) is 2. The van der Waals surface area contributed by atoms with E-state index >= 15 is 0 Å². The van der Waals surface area contributed by atoms with Gasteiger partial charge in [-0.25, -0.2) is 9.97 Å². The Morgan fingerprint density at radius 3 is 1.32 bits per heavy atom. The van der Waals surface area contributed by atoms with E-state index in [-0.39, 0.29) is 0 Å². The molecule has 0 bridgehead atoms. The van der Waals surface area contributed by atoms with Crippen molar-refractivity contribution in [2.24, 2.45) is 0 Å². The molecule has 0 aliphatic carbocycles. The molecule has 5 aromatic rings. The molecule has 0 radical (unpaired) electrons. The van der Waals surface area contributed by atoms with Crippen molar-refractivity contribution in [1.82, 2.24) is 19.9 Å². The van der Waals surface area contributed by atoms with Crippen molar-refractivity contribution in [3.05, 3.63) is 85.2 Å². The lowest BCUT2D eigenvalue weighted by Crippen LogP contribution is -1.88. The number of nitrogens with zero attached hydrogens (tertiary/aromatic N) is 2. The molecule has 0 unspecified atom stereocenters. The molecule has 6 nitrogen and oxygen atoms in total. The molecular formula is C28H28N4O2. The maximum Gasteiger partial charge on any atom is 0.137 e. The van der Waals surface area contributed by atoms with Crippen molar-refractivity contribution in [2.45, 2.75) is 13.8 Å². The number of rotatable bonds is 6. The van der Waals surface area contributed by atoms with Crippen molar-refractivity contribution in [2.75, 3.05) is 14.2 Å². The normalized spacial score (nSPS) is 10.4. The lowest BCUT2D eigenvalue weighted by atomic mass is 10.1. The number of hydrogen-bond acceptors (Lipinski definition) is 4. The Labute approximate surface area is 199 Å². The second-order valence-corrected chi connectivity index (χ2v) is 7.27. The molecule has 0 aliphatic rings. The number of aromatic nitrogens is 4. The smallest absolute Gasteiger partial charge is 0.137 e. The van der Waals surface area contributed by atoms with Crippen LogP contribution in [0.5, 0.6) is 11.5 Å². The largest absolute Gasteiger partial charge is 0.496 e. The van der Waals surface area contributed by atoms with E-state index in [4.69, 9.17) is 9.47 Å². The van der Waals surface area contributed by atoms with Crippen LogP contribution in [0.1, 0.15) is 13.8 Å².